The number of ether oxygens (including phenoxy) is 1. The molecule has 0 radical (unpaired) electrons. The van der Waals surface area contributed by atoms with Gasteiger partial charge in [0.2, 0.25) is 5.91 Å². The fourth-order valence-electron chi connectivity index (χ4n) is 1.57. The van der Waals surface area contributed by atoms with Gasteiger partial charge in [0.25, 0.3) is 0 Å². The normalized spacial score (nSPS) is 11.2. The Hall–Kier alpha value is -1.62. The minimum absolute atomic E-state index is 0.170. The van der Waals surface area contributed by atoms with Crippen molar-refractivity contribution in [1.29, 1.82) is 0 Å². The molecule has 1 amide bonds. The smallest absolute Gasteiger partial charge is 0.228 e. The molecule has 4 nitrogen and oxygen atoms in total. The molecule has 1 aromatic rings. The van der Waals surface area contributed by atoms with Crippen molar-refractivity contribution in [2.75, 3.05) is 19.1 Å². The van der Waals surface area contributed by atoms with E-state index in [9.17, 15) is 9.18 Å². The Labute approximate surface area is 107 Å². The number of amides is 1. The number of benzene rings is 1. The predicted molar refractivity (Wildman–Crippen MR) is 69.2 cm³/mol. The lowest BCUT2D eigenvalue weighted by atomic mass is 10.0. The number of carbonyl (C=O) groups excluding carboxylic acids is 1. The molecule has 0 spiro atoms. The maximum Gasteiger partial charge on any atom is 0.228 e. The van der Waals surface area contributed by atoms with Crippen LogP contribution in [0.1, 0.15) is 20.3 Å². The zero-order chi connectivity index (χ0) is 13.9. The number of anilines is 1. The molecule has 1 rings (SSSR count). The molecule has 0 heterocycles. The van der Waals surface area contributed by atoms with Gasteiger partial charge in [0.1, 0.15) is 11.6 Å². The summed E-state index contributed by atoms with van der Waals surface area (Å²) in [7, 11) is 3.05. The maximum absolute atomic E-state index is 13.2. The summed E-state index contributed by atoms with van der Waals surface area (Å²) in [5.74, 6) is -0.161. The van der Waals surface area contributed by atoms with Crippen LogP contribution in [0.3, 0.4) is 0 Å². The highest BCUT2D eigenvalue weighted by atomic mass is 19.1. The Kier molecular flexibility index (Phi) is 4.29. The van der Waals surface area contributed by atoms with Crippen molar-refractivity contribution in [2.45, 2.75) is 25.8 Å². The first kappa shape index (κ1) is 14.4. The summed E-state index contributed by atoms with van der Waals surface area (Å²) in [5, 5.41) is 0. The second-order valence-electron chi connectivity index (χ2n) is 4.93. The number of carbonyl (C=O) groups is 1. The predicted octanol–water partition coefficient (Wildman–Crippen LogP) is 1.92. The summed E-state index contributed by atoms with van der Waals surface area (Å²) in [6.07, 6.45) is 0.170. The van der Waals surface area contributed by atoms with Gasteiger partial charge in [-0.1, -0.05) is 0 Å². The maximum atomic E-state index is 13.2. The summed E-state index contributed by atoms with van der Waals surface area (Å²) < 4.78 is 18.3. The minimum Gasteiger partial charge on any atom is -0.495 e. The van der Waals surface area contributed by atoms with E-state index in [0.717, 1.165) is 0 Å². The zero-order valence-electron chi connectivity index (χ0n) is 11.2. The average Bonchev–Trinajstić information content (AvgIpc) is 2.25. The number of hydrogen-bond acceptors (Lipinski definition) is 3. The van der Waals surface area contributed by atoms with E-state index in [1.54, 1.807) is 20.9 Å². The van der Waals surface area contributed by atoms with Crippen LogP contribution in [-0.2, 0) is 4.79 Å². The first-order chi connectivity index (χ1) is 8.24. The van der Waals surface area contributed by atoms with Crippen LogP contribution in [-0.4, -0.2) is 25.6 Å². The van der Waals surface area contributed by atoms with Crippen LogP contribution in [0.4, 0.5) is 10.1 Å². The summed E-state index contributed by atoms with van der Waals surface area (Å²) in [6, 6.07) is 4.04. The fourth-order valence-corrected chi connectivity index (χ4v) is 1.57. The number of methoxy groups -OCH3 is 1. The molecule has 0 fully saturated rings. The van der Waals surface area contributed by atoms with E-state index < -0.39 is 11.4 Å². The third-order valence-electron chi connectivity index (χ3n) is 2.48. The van der Waals surface area contributed by atoms with Crippen molar-refractivity contribution in [1.82, 2.24) is 0 Å². The quantitative estimate of drug-likeness (QED) is 0.893. The van der Waals surface area contributed by atoms with Crippen LogP contribution in [0.15, 0.2) is 18.2 Å². The number of halogens is 1. The van der Waals surface area contributed by atoms with Gasteiger partial charge >= 0.3 is 0 Å². The highest BCUT2D eigenvalue weighted by Crippen LogP contribution is 2.28. The van der Waals surface area contributed by atoms with Gasteiger partial charge in [0, 0.05) is 25.1 Å². The molecule has 5 heteroatoms. The van der Waals surface area contributed by atoms with Gasteiger partial charge in [-0.25, -0.2) is 4.39 Å². The monoisotopic (exact) mass is 254 g/mol. The highest BCUT2D eigenvalue weighted by molar-refractivity contribution is 5.94. The highest BCUT2D eigenvalue weighted by Gasteiger charge is 2.22. The van der Waals surface area contributed by atoms with E-state index in [-0.39, 0.29) is 12.3 Å². The summed E-state index contributed by atoms with van der Waals surface area (Å²) in [4.78, 5) is 13.4. The van der Waals surface area contributed by atoms with Crippen molar-refractivity contribution in [2.24, 2.45) is 5.73 Å². The van der Waals surface area contributed by atoms with E-state index in [1.165, 1.54) is 30.2 Å². The van der Waals surface area contributed by atoms with E-state index in [0.29, 0.717) is 11.4 Å². The Balaban J connectivity index is 2.99. The molecule has 0 bridgehead atoms. The van der Waals surface area contributed by atoms with Gasteiger partial charge in [-0.05, 0) is 26.0 Å². The van der Waals surface area contributed by atoms with Gasteiger partial charge in [0.05, 0.1) is 12.8 Å². The van der Waals surface area contributed by atoms with Crippen LogP contribution in [0.5, 0.6) is 5.75 Å². The van der Waals surface area contributed by atoms with Gasteiger partial charge in [-0.3, -0.25) is 4.79 Å². The van der Waals surface area contributed by atoms with Crippen LogP contribution in [0.25, 0.3) is 0 Å². The lowest BCUT2D eigenvalue weighted by Crippen LogP contribution is -2.40. The molecular weight excluding hydrogens is 235 g/mol. The molecule has 2 N–H and O–H groups in total. The van der Waals surface area contributed by atoms with Crippen LogP contribution >= 0.6 is 0 Å². The largest absolute Gasteiger partial charge is 0.495 e. The summed E-state index contributed by atoms with van der Waals surface area (Å²) >= 11 is 0. The van der Waals surface area contributed by atoms with Crippen LogP contribution in [0.2, 0.25) is 0 Å². The van der Waals surface area contributed by atoms with Crippen molar-refractivity contribution in [3.8, 4) is 5.75 Å². The molecule has 100 valence electrons. The van der Waals surface area contributed by atoms with Crippen molar-refractivity contribution in [3.05, 3.63) is 24.0 Å². The minimum atomic E-state index is -0.605. The van der Waals surface area contributed by atoms with Crippen molar-refractivity contribution >= 4 is 11.6 Å². The molecular formula is C13H19FN2O2. The van der Waals surface area contributed by atoms with E-state index in [2.05, 4.69) is 0 Å². The summed E-state index contributed by atoms with van der Waals surface area (Å²) in [6.45, 7) is 3.53. The SMILES string of the molecule is COc1ccc(F)cc1N(C)C(=O)CC(C)(C)N. The molecule has 18 heavy (non-hydrogen) atoms. The molecule has 0 aliphatic rings. The van der Waals surface area contributed by atoms with Gasteiger partial charge in [-0.15, -0.1) is 0 Å². The molecule has 0 aliphatic carbocycles. The van der Waals surface area contributed by atoms with Crippen LogP contribution < -0.4 is 15.4 Å². The van der Waals surface area contributed by atoms with Crippen LogP contribution in [0, 0.1) is 5.82 Å². The lowest BCUT2D eigenvalue weighted by Gasteiger charge is -2.24. The molecule has 0 unspecified atom stereocenters. The topological polar surface area (TPSA) is 55.6 Å². The number of hydrogen-bond donors (Lipinski definition) is 1. The average molecular weight is 254 g/mol. The Morgan fingerprint density at radius 3 is 2.61 bits per heavy atom. The Bertz CT molecular complexity index is 441. The fraction of sp³-hybridized carbons (Fsp3) is 0.462. The standard InChI is InChI=1S/C13H19FN2O2/c1-13(2,15)8-12(17)16(3)10-7-9(14)5-6-11(10)18-4/h5-7H,8,15H2,1-4H3. The first-order valence-electron chi connectivity index (χ1n) is 5.63. The van der Waals surface area contributed by atoms with E-state index in [4.69, 9.17) is 10.5 Å². The number of nitrogens with zero attached hydrogens (tertiary/aromatic N) is 1. The molecule has 0 aromatic heterocycles. The van der Waals surface area contributed by atoms with Gasteiger partial charge in [-0.2, -0.15) is 0 Å². The van der Waals surface area contributed by atoms with Crippen molar-refractivity contribution in [3.63, 3.8) is 0 Å². The van der Waals surface area contributed by atoms with Crippen molar-refractivity contribution < 1.29 is 13.9 Å². The third-order valence-corrected chi connectivity index (χ3v) is 2.48. The summed E-state index contributed by atoms with van der Waals surface area (Å²) in [5.41, 5.74) is 5.59. The Morgan fingerprint density at radius 1 is 1.50 bits per heavy atom. The molecule has 0 saturated heterocycles. The van der Waals surface area contributed by atoms with Gasteiger partial charge in [0.15, 0.2) is 0 Å². The number of nitrogens with two attached hydrogens (primary N) is 1. The third kappa shape index (κ3) is 3.70. The first-order valence-corrected chi connectivity index (χ1v) is 5.63. The number of rotatable bonds is 4. The molecule has 1 aromatic carbocycles. The second-order valence-corrected chi connectivity index (χ2v) is 4.93. The Morgan fingerprint density at radius 2 is 2.11 bits per heavy atom. The molecule has 0 saturated carbocycles. The van der Waals surface area contributed by atoms with E-state index >= 15 is 0 Å². The molecule has 0 aliphatic heterocycles. The van der Waals surface area contributed by atoms with E-state index in [1.807, 2.05) is 0 Å². The molecule has 0 atom stereocenters. The zero-order valence-corrected chi connectivity index (χ0v) is 11.2. The lowest BCUT2D eigenvalue weighted by molar-refractivity contribution is -0.119. The second kappa shape index (κ2) is 5.35. The van der Waals surface area contributed by atoms with Gasteiger partial charge < -0.3 is 15.4 Å².